The number of fused-ring (bicyclic) bond motifs is 1. The molecule has 1 N–H and O–H groups in total. The van der Waals surface area contributed by atoms with Crippen LogP contribution >= 0.6 is 0 Å². The number of H-pyrrole nitrogens is 1. The van der Waals surface area contributed by atoms with E-state index >= 15 is 0 Å². The van der Waals surface area contributed by atoms with Crippen molar-refractivity contribution in [2.45, 2.75) is 103 Å². The van der Waals surface area contributed by atoms with Crippen LogP contribution in [-0.4, -0.2) is 33.5 Å². The van der Waals surface area contributed by atoms with E-state index in [4.69, 9.17) is 13.9 Å². The Morgan fingerprint density at radius 2 is 1.59 bits per heavy atom. The number of carbonyl (C=O) groups excluding carboxylic acids is 1. The minimum Gasteiger partial charge on any atom is -0.497 e. The summed E-state index contributed by atoms with van der Waals surface area (Å²) in [5, 5.41) is 1.20. The molecule has 6 heteroatoms. The van der Waals surface area contributed by atoms with E-state index in [1.165, 1.54) is 50.2 Å². The third-order valence-corrected chi connectivity index (χ3v) is 15.1. The summed E-state index contributed by atoms with van der Waals surface area (Å²) in [5.74, 6) is 1.01. The Bertz CT molecular complexity index is 1260. The molecule has 0 radical (unpaired) electrons. The highest BCUT2D eigenvalue weighted by Gasteiger charge is 2.45. The quantitative estimate of drug-likeness (QED) is 0.202. The van der Waals surface area contributed by atoms with E-state index in [0.717, 1.165) is 28.1 Å². The summed E-state index contributed by atoms with van der Waals surface area (Å²) >= 11 is 0. The van der Waals surface area contributed by atoms with Crippen LogP contribution in [0.3, 0.4) is 0 Å². The van der Waals surface area contributed by atoms with Crippen LogP contribution in [0.2, 0.25) is 16.6 Å². The number of hydrogen-bond donors (Lipinski definition) is 1. The largest absolute Gasteiger partial charge is 0.497 e. The molecule has 0 unspecified atom stereocenters. The van der Waals surface area contributed by atoms with Crippen molar-refractivity contribution >= 4 is 25.2 Å². The molecule has 0 atom stereocenters. The van der Waals surface area contributed by atoms with Crippen LogP contribution in [0.1, 0.15) is 101 Å². The van der Waals surface area contributed by atoms with Crippen LogP contribution in [0, 0.1) is 0 Å². The van der Waals surface area contributed by atoms with E-state index in [9.17, 15) is 4.79 Å². The molecule has 2 aromatic carbocycles. The summed E-state index contributed by atoms with van der Waals surface area (Å²) in [6.45, 7) is 14.5. The van der Waals surface area contributed by atoms with Crippen molar-refractivity contribution < 1.29 is 18.7 Å². The van der Waals surface area contributed by atoms with Crippen LogP contribution in [0.5, 0.6) is 5.75 Å². The standard InChI is InChI=1S/C33H47NO4Si/c1-21(2)39(22(3)4,23(5)6)38-20-26-18-27(36-7)15-17-28(26)32-31(24-12-10-9-11-13-24)29-16-14-25(33(35)37-8)19-30(29)34-32/h14-19,21-24,34H,9-13,20H2,1-8H3. The number of aromatic nitrogens is 1. The van der Waals surface area contributed by atoms with E-state index in [1.807, 2.05) is 18.2 Å². The Balaban J connectivity index is 1.87. The first-order valence-corrected chi connectivity index (χ1v) is 16.8. The molecular weight excluding hydrogens is 502 g/mol. The van der Waals surface area contributed by atoms with E-state index in [1.54, 1.807) is 7.11 Å². The van der Waals surface area contributed by atoms with E-state index in [-0.39, 0.29) is 5.97 Å². The molecule has 0 spiro atoms. The Labute approximate surface area is 235 Å². The smallest absolute Gasteiger partial charge is 0.337 e. The number of rotatable bonds is 10. The zero-order valence-corrected chi connectivity index (χ0v) is 26.1. The maximum Gasteiger partial charge on any atom is 0.337 e. The normalized spacial score (nSPS) is 15.1. The van der Waals surface area contributed by atoms with Gasteiger partial charge in [-0.1, -0.05) is 66.9 Å². The summed E-state index contributed by atoms with van der Waals surface area (Å²) in [6, 6.07) is 12.3. The van der Waals surface area contributed by atoms with Gasteiger partial charge in [-0.25, -0.2) is 4.79 Å². The number of hydrogen-bond acceptors (Lipinski definition) is 4. The zero-order chi connectivity index (χ0) is 28.3. The maximum absolute atomic E-state index is 12.3. The van der Waals surface area contributed by atoms with Gasteiger partial charge in [-0.05, 0) is 76.8 Å². The fourth-order valence-electron chi connectivity index (χ4n) is 7.25. The number of ether oxygens (including phenoxy) is 2. The van der Waals surface area contributed by atoms with Crippen molar-refractivity contribution in [3.63, 3.8) is 0 Å². The Hall–Kier alpha value is -2.57. The molecule has 0 aliphatic heterocycles. The van der Waals surface area contributed by atoms with Gasteiger partial charge in [0.2, 0.25) is 8.32 Å². The third kappa shape index (κ3) is 5.69. The van der Waals surface area contributed by atoms with Crippen LogP contribution in [-0.2, 0) is 15.8 Å². The van der Waals surface area contributed by atoms with E-state index < -0.39 is 8.32 Å². The predicted molar refractivity (Wildman–Crippen MR) is 163 cm³/mol. The average molecular weight is 550 g/mol. The third-order valence-electron chi connectivity index (χ3n) is 9.04. The van der Waals surface area contributed by atoms with Gasteiger partial charge < -0.3 is 18.9 Å². The molecule has 212 valence electrons. The molecule has 1 heterocycles. The summed E-state index contributed by atoms with van der Waals surface area (Å²) in [7, 11) is 1.08. The molecule has 5 nitrogen and oxygen atoms in total. The van der Waals surface area contributed by atoms with Crippen LogP contribution < -0.4 is 4.74 Å². The molecule has 1 saturated carbocycles. The van der Waals surface area contributed by atoms with Gasteiger partial charge in [0, 0.05) is 16.5 Å². The molecule has 1 aliphatic rings. The molecule has 1 fully saturated rings. The molecule has 4 rings (SSSR count). The number of aromatic amines is 1. The number of benzene rings is 2. The lowest BCUT2D eigenvalue weighted by Crippen LogP contribution is -2.47. The highest BCUT2D eigenvalue weighted by Crippen LogP contribution is 2.46. The van der Waals surface area contributed by atoms with Gasteiger partial charge in [0.1, 0.15) is 5.75 Å². The van der Waals surface area contributed by atoms with Gasteiger partial charge in [0.25, 0.3) is 0 Å². The van der Waals surface area contributed by atoms with Crippen molar-refractivity contribution in [1.29, 1.82) is 0 Å². The first-order valence-electron chi connectivity index (χ1n) is 14.7. The maximum atomic E-state index is 12.3. The average Bonchev–Trinajstić information content (AvgIpc) is 3.31. The number of nitrogens with one attached hydrogen (secondary N) is 1. The van der Waals surface area contributed by atoms with Gasteiger partial charge in [0.05, 0.1) is 32.1 Å². The molecule has 0 amide bonds. The van der Waals surface area contributed by atoms with Crippen molar-refractivity contribution in [2.24, 2.45) is 0 Å². The van der Waals surface area contributed by atoms with Crippen molar-refractivity contribution in [2.75, 3.05) is 14.2 Å². The van der Waals surface area contributed by atoms with Crippen LogP contribution in [0.4, 0.5) is 0 Å². The summed E-state index contributed by atoms with van der Waals surface area (Å²) in [5.41, 5.74) is 7.88. The number of carbonyl (C=O) groups is 1. The number of esters is 1. The van der Waals surface area contributed by atoms with Crippen LogP contribution in [0.25, 0.3) is 22.2 Å². The lowest BCUT2D eigenvalue weighted by Gasteiger charge is -2.42. The molecule has 3 aromatic rings. The second kappa shape index (κ2) is 12.3. The molecular formula is C33H47NO4Si. The second-order valence-electron chi connectivity index (χ2n) is 12.1. The van der Waals surface area contributed by atoms with Crippen molar-refractivity contribution in [3.8, 4) is 17.0 Å². The molecule has 39 heavy (non-hydrogen) atoms. The van der Waals surface area contributed by atoms with Crippen molar-refractivity contribution in [1.82, 2.24) is 4.98 Å². The first kappa shape index (κ1) is 29.4. The van der Waals surface area contributed by atoms with Crippen molar-refractivity contribution in [3.05, 3.63) is 53.1 Å². The number of methoxy groups -OCH3 is 2. The SMILES string of the molecule is COC(=O)c1ccc2c(C3CCCCC3)c(-c3ccc(OC)cc3CO[Si](C(C)C)(C(C)C)C(C)C)[nH]c2c1. The van der Waals surface area contributed by atoms with E-state index in [0.29, 0.717) is 34.7 Å². The summed E-state index contributed by atoms with van der Waals surface area (Å²) < 4.78 is 17.8. The van der Waals surface area contributed by atoms with E-state index in [2.05, 4.69) is 64.7 Å². The highest BCUT2D eigenvalue weighted by molar-refractivity contribution is 6.77. The first-order chi connectivity index (χ1) is 18.6. The molecule has 0 saturated heterocycles. The Morgan fingerprint density at radius 3 is 2.18 bits per heavy atom. The van der Waals surface area contributed by atoms with Gasteiger partial charge >= 0.3 is 5.97 Å². The second-order valence-corrected chi connectivity index (χ2v) is 17.6. The minimum atomic E-state index is -2.07. The monoisotopic (exact) mass is 549 g/mol. The minimum absolute atomic E-state index is 0.317. The topological polar surface area (TPSA) is 60.6 Å². The molecule has 1 aromatic heterocycles. The van der Waals surface area contributed by atoms with Gasteiger partial charge in [-0.2, -0.15) is 0 Å². The zero-order valence-electron chi connectivity index (χ0n) is 25.1. The summed E-state index contributed by atoms with van der Waals surface area (Å²) in [4.78, 5) is 16.1. The molecule has 1 aliphatic carbocycles. The lowest BCUT2D eigenvalue weighted by atomic mass is 9.81. The highest BCUT2D eigenvalue weighted by atomic mass is 28.4. The van der Waals surface area contributed by atoms with Gasteiger partial charge in [-0.3, -0.25) is 0 Å². The fraction of sp³-hybridized carbons (Fsp3) is 0.545. The fourth-order valence-corrected chi connectivity index (χ4v) is 12.7. The predicted octanol–water partition coefficient (Wildman–Crippen LogP) is 9.37. The Morgan fingerprint density at radius 1 is 0.923 bits per heavy atom. The lowest BCUT2D eigenvalue weighted by molar-refractivity contribution is 0.0601. The van der Waals surface area contributed by atoms with Gasteiger partial charge in [-0.15, -0.1) is 0 Å². The molecule has 0 bridgehead atoms. The van der Waals surface area contributed by atoms with Crippen LogP contribution in [0.15, 0.2) is 36.4 Å². The van der Waals surface area contributed by atoms with Gasteiger partial charge in [0.15, 0.2) is 0 Å². The Kier molecular flexibility index (Phi) is 9.28. The summed E-state index contributed by atoms with van der Waals surface area (Å²) in [6.07, 6.45) is 6.17.